The van der Waals surface area contributed by atoms with Crippen LogP contribution in [0.2, 0.25) is 0 Å². The first kappa shape index (κ1) is 20.2. The fraction of sp³-hybridized carbons (Fsp3) is 0.316. The van der Waals surface area contributed by atoms with E-state index >= 15 is 0 Å². The van der Waals surface area contributed by atoms with Gasteiger partial charge in [0.15, 0.2) is 22.8 Å². The third-order valence-corrected chi connectivity index (χ3v) is 4.97. The molecule has 0 spiro atoms. The van der Waals surface area contributed by atoms with Crippen LogP contribution in [0, 0.1) is 0 Å². The molecule has 5 atom stereocenters. The summed E-state index contributed by atoms with van der Waals surface area (Å²) in [5, 5.41) is 68.5. The van der Waals surface area contributed by atoms with Crippen LogP contribution in [0.15, 0.2) is 33.5 Å². The monoisotopic (exact) mass is 422 g/mol. The lowest BCUT2D eigenvalue weighted by Gasteiger charge is -2.39. The molecule has 0 radical (unpaired) electrons. The van der Waals surface area contributed by atoms with Crippen molar-refractivity contribution in [2.75, 3.05) is 6.61 Å². The number of benzene rings is 2. The van der Waals surface area contributed by atoms with Crippen LogP contribution in [-0.2, 0) is 4.74 Å². The van der Waals surface area contributed by atoms with E-state index in [-0.39, 0.29) is 27.7 Å². The van der Waals surface area contributed by atoms with Gasteiger partial charge < -0.3 is 49.6 Å². The third-order valence-electron chi connectivity index (χ3n) is 4.97. The highest BCUT2D eigenvalue weighted by Gasteiger charge is 2.45. The minimum atomic E-state index is -1.74. The summed E-state index contributed by atoms with van der Waals surface area (Å²) in [6.07, 6.45) is -7.88. The van der Waals surface area contributed by atoms with Gasteiger partial charge in [-0.2, -0.15) is 0 Å². The molecule has 160 valence electrons. The van der Waals surface area contributed by atoms with E-state index in [1.54, 1.807) is 0 Å². The van der Waals surface area contributed by atoms with Crippen molar-refractivity contribution >= 4 is 21.9 Å². The number of hydrogen-bond acceptors (Lipinski definition) is 11. The van der Waals surface area contributed by atoms with Gasteiger partial charge in [-0.25, -0.2) is 0 Å². The summed E-state index contributed by atoms with van der Waals surface area (Å²) < 4.78 is 16.3. The largest absolute Gasteiger partial charge is 0.504 e. The smallest absolute Gasteiger partial charge is 0.229 e. The fourth-order valence-corrected chi connectivity index (χ4v) is 3.36. The van der Waals surface area contributed by atoms with E-state index in [9.17, 15) is 40.5 Å². The Bertz CT molecular complexity index is 1170. The van der Waals surface area contributed by atoms with E-state index in [2.05, 4.69) is 0 Å². The van der Waals surface area contributed by atoms with Gasteiger partial charge in [0.25, 0.3) is 0 Å². The molecule has 11 nitrogen and oxygen atoms in total. The zero-order valence-corrected chi connectivity index (χ0v) is 15.2. The molecule has 0 saturated carbocycles. The minimum Gasteiger partial charge on any atom is -0.504 e. The maximum atomic E-state index is 13.0. The highest BCUT2D eigenvalue weighted by Crippen LogP contribution is 2.38. The van der Waals surface area contributed by atoms with Crippen molar-refractivity contribution in [2.24, 2.45) is 0 Å². The molecule has 1 aromatic heterocycles. The summed E-state index contributed by atoms with van der Waals surface area (Å²) in [6.45, 7) is -0.680. The molecule has 4 rings (SSSR count). The molecular formula is C19H18O11. The molecule has 0 amide bonds. The average molecular weight is 422 g/mol. The molecular weight excluding hydrogens is 404 g/mol. The summed E-state index contributed by atoms with van der Waals surface area (Å²) in [7, 11) is 0. The van der Waals surface area contributed by atoms with E-state index in [0.717, 1.165) is 12.1 Å². The van der Waals surface area contributed by atoms with Crippen LogP contribution in [-0.4, -0.2) is 73.1 Å². The second kappa shape index (κ2) is 7.31. The first-order valence-electron chi connectivity index (χ1n) is 8.85. The van der Waals surface area contributed by atoms with Gasteiger partial charge in [0.05, 0.1) is 6.61 Å². The lowest BCUT2D eigenvalue weighted by molar-refractivity contribution is -0.277. The van der Waals surface area contributed by atoms with Crippen molar-refractivity contribution in [3.8, 4) is 23.0 Å². The predicted molar refractivity (Wildman–Crippen MR) is 99.4 cm³/mol. The lowest BCUT2D eigenvalue weighted by atomic mass is 9.99. The van der Waals surface area contributed by atoms with Gasteiger partial charge in [0, 0.05) is 0 Å². The second-order valence-corrected chi connectivity index (χ2v) is 6.84. The Morgan fingerprint density at radius 2 is 1.60 bits per heavy atom. The highest BCUT2D eigenvalue weighted by atomic mass is 16.7. The fourth-order valence-electron chi connectivity index (χ4n) is 3.36. The van der Waals surface area contributed by atoms with Crippen molar-refractivity contribution in [1.29, 1.82) is 0 Å². The topological polar surface area (TPSA) is 190 Å². The Kier molecular flexibility index (Phi) is 4.92. The number of aliphatic hydroxyl groups excluding tert-OH is 4. The van der Waals surface area contributed by atoms with Crippen molar-refractivity contribution in [1.82, 2.24) is 0 Å². The average Bonchev–Trinajstić information content (AvgIpc) is 2.73. The van der Waals surface area contributed by atoms with E-state index < -0.39 is 60.0 Å². The number of aromatic hydroxyl groups is 3. The summed E-state index contributed by atoms with van der Waals surface area (Å²) in [6, 6.07) is 4.66. The van der Waals surface area contributed by atoms with Crippen molar-refractivity contribution < 1.29 is 49.6 Å². The van der Waals surface area contributed by atoms with Crippen LogP contribution in [0.5, 0.6) is 23.0 Å². The van der Waals surface area contributed by atoms with Crippen LogP contribution in [0.1, 0.15) is 0 Å². The van der Waals surface area contributed by atoms with E-state index in [1.807, 2.05) is 0 Å². The van der Waals surface area contributed by atoms with Crippen LogP contribution in [0.25, 0.3) is 21.9 Å². The first-order valence-corrected chi connectivity index (χ1v) is 8.85. The summed E-state index contributed by atoms with van der Waals surface area (Å²) in [5.41, 5.74) is -1.25. The first-order chi connectivity index (χ1) is 14.2. The van der Waals surface area contributed by atoms with Crippen molar-refractivity contribution in [2.45, 2.75) is 30.7 Å². The Hall–Kier alpha value is -3.09. The van der Waals surface area contributed by atoms with Gasteiger partial charge in [0.1, 0.15) is 46.5 Å². The van der Waals surface area contributed by atoms with E-state index in [1.165, 1.54) is 12.1 Å². The molecule has 1 aliphatic heterocycles. The quantitative estimate of drug-likeness (QED) is 0.207. The number of fused-ring (bicyclic) bond motifs is 2. The zero-order chi connectivity index (χ0) is 21.7. The van der Waals surface area contributed by atoms with Gasteiger partial charge in [-0.1, -0.05) is 0 Å². The van der Waals surface area contributed by atoms with E-state index in [0.29, 0.717) is 0 Å². The lowest BCUT2D eigenvalue weighted by Crippen LogP contribution is -2.60. The number of phenolic OH excluding ortho intramolecular Hbond substituents is 3. The van der Waals surface area contributed by atoms with Crippen molar-refractivity contribution in [3.05, 3.63) is 34.5 Å². The summed E-state index contributed by atoms with van der Waals surface area (Å²) in [5.74, 6) is -1.96. The number of aliphatic hydroxyl groups is 4. The second-order valence-electron chi connectivity index (χ2n) is 6.84. The van der Waals surface area contributed by atoms with Gasteiger partial charge in [-0.3, -0.25) is 4.79 Å². The molecule has 5 unspecified atom stereocenters. The summed E-state index contributed by atoms with van der Waals surface area (Å²) >= 11 is 0. The molecule has 1 fully saturated rings. The van der Waals surface area contributed by atoms with Crippen LogP contribution in [0.4, 0.5) is 0 Å². The van der Waals surface area contributed by atoms with E-state index in [4.69, 9.17) is 13.9 Å². The molecule has 0 aliphatic carbocycles. The molecule has 0 bridgehead atoms. The molecule has 3 aromatic rings. The Morgan fingerprint density at radius 1 is 0.900 bits per heavy atom. The third kappa shape index (κ3) is 3.00. The highest BCUT2D eigenvalue weighted by molar-refractivity contribution is 5.98. The molecule has 7 N–H and O–H groups in total. The number of hydrogen-bond donors (Lipinski definition) is 7. The van der Waals surface area contributed by atoms with Crippen LogP contribution < -0.4 is 10.2 Å². The van der Waals surface area contributed by atoms with Gasteiger partial charge in [-0.15, -0.1) is 0 Å². The molecule has 2 heterocycles. The maximum absolute atomic E-state index is 13.0. The van der Waals surface area contributed by atoms with Crippen LogP contribution >= 0.6 is 0 Å². The van der Waals surface area contributed by atoms with Crippen LogP contribution in [0.3, 0.4) is 0 Å². The SMILES string of the molecule is O=c1c2c(O)c(O)ccc2oc2c(O)ccc(OC3OC(CO)C(O)C(O)C3O)c12. The van der Waals surface area contributed by atoms with Gasteiger partial charge >= 0.3 is 0 Å². The minimum absolute atomic E-state index is 0.108. The number of ether oxygens (including phenoxy) is 2. The molecule has 30 heavy (non-hydrogen) atoms. The Labute approximate surface area is 167 Å². The Balaban J connectivity index is 1.87. The molecule has 11 heteroatoms. The predicted octanol–water partition coefficient (Wildman–Crippen LogP) is -0.758. The molecule has 2 aromatic carbocycles. The zero-order valence-electron chi connectivity index (χ0n) is 15.2. The van der Waals surface area contributed by atoms with Gasteiger partial charge in [-0.05, 0) is 24.3 Å². The number of rotatable bonds is 3. The van der Waals surface area contributed by atoms with Gasteiger partial charge in [0.2, 0.25) is 11.7 Å². The molecule has 1 saturated heterocycles. The normalized spacial score (nSPS) is 26.9. The standard InChI is InChI=1S/C19H18O11/c20-5-10-14(24)16(26)17(27)19(30-10)29-9-4-2-7(22)18-12(9)15(25)11-8(28-18)3-1-6(21)13(11)23/h1-4,10,14,16-17,19-24,26-27H,5H2. The van der Waals surface area contributed by atoms with Crippen molar-refractivity contribution in [3.63, 3.8) is 0 Å². The Morgan fingerprint density at radius 3 is 2.30 bits per heavy atom. The summed E-state index contributed by atoms with van der Waals surface area (Å²) in [4.78, 5) is 13.0. The maximum Gasteiger partial charge on any atom is 0.229 e. The molecule has 1 aliphatic rings. The number of phenols is 3.